The highest BCUT2D eigenvalue weighted by Crippen LogP contribution is 2.31. The number of halogens is 2. The van der Waals surface area contributed by atoms with Gasteiger partial charge in [0.05, 0.1) is 24.7 Å². The van der Waals surface area contributed by atoms with Crippen molar-refractivity contribution in [2.45, 2.75) is 18.4 Å². The number of rotatable bonds is 5. The van der Waals surface area contributed by atoms with E-state index in [-0.39, 0.29) is 5.56 Å². The van der Waals surface area contributed by atoms with Crippen molar-refractivity contribution in [3.8, 4) is 6.07 Å². The summed E-state index contributed by atoms with van der Waals surface area (Å²) in [5.41, 5.74) is 2.48. The third kappa shape index (κ3) is 5.01. The normalized spacial score (nSPS) is 17.2. The average Bonchev–Trinajstić information content (AvgIpc) is 3.15. The van der Waals surface area contributed by atoms with Gasteiger partial charge in [-0.25, -0.2) is 8.78 Å². The Bertz CT molecular complexity index is 1290. The zero-order valence-corrected chi connectivity index (χ0v) is 17.4. The van der Waals surface area contributed by atoms with Crippen LogP contribution < -0.4 is 5.32 Å². The first-order chi connectivity index (χ1) is 15.9. The van der Waals surface area contributed by atoms with Gasteiger partial charge in [0.25, 0.3) is 11.8 Å². The number of pyridine rings is 2. The number of carbonyl (C=O) groups is 2. The van der Waals surface area contributed by atoms with E-state index in [1.54, 1.807) is 24.4 Å². The molecule has 1 unspecified atom stereocenters. The number of benzene rings is 1. The molecule has 0 aliphatic carbocycles. The van der Waals surface area contributed by atoms with Crippen molar-refractivity contribution in [2.24, 2.45) is 0 Å². The Hall–Kier alpha value is -4.19. The van der Waals surface area contributed by atoms with Crippen LogP contribution in [0.25, 0.3) is 23.1 Å². The predicted octanol–water partition coefficient (Wildman–Crippen LogP) is 3.29. The van der Waals surface area contributed by atoms with E-state index in [2.05, 4.69) is 15.3 Å². The van der Waals surface area contributed by atoms with Gasteiger partial charge in [-0.2, -0.15) is 5.26 Å². The standard InChI is InChI=1S/C24H19F2N5O2/c25-24(26)10-19(11-27)31(15-24)22(32)14-30-23(33)20-7-8-28-13-18(20)6-5-16-9-17-3-1-2-4-21(17)29-12-16/h1-9,12-13,19H,10,14-15H2,(H,30,33). The number of fused-ring (bicyclic) bond motifs is 1. The molecule has 0 saturated carbocycles. The van der Waals surface area contributed by atoms with Crippen LogP contribution in [-0.2, 0) is 4.79 Å². The van der Waals surface area contributed by atoms with Gasteiger partial charge in [0.1, 0.15) is 6.04 Å². The van der Waals surface area contributed by atoms with E-state index in [4.69, 9.17) is 5.26 Å². The van der Waals surface area contributed by atoms with Gasteiger partial charge in [0.2, 0.25) is 5.91 Å². The summed E-state index contributed by atoms with van der Waals surface area (Å²) in [4.78, 5) is 34.3. The van der Waals surface area contributed by atoms with Gasteiger partial charge >= 0.3 is 0 Å². The second-order valence-electron chi connectivity index (χ2n) is 7.67. The van der Waals surface area contributed by atoms with E-state index in [0.29, 0.717) is 5.56 Å². The lowest BCUT2D eigenvalue weighted by molar-refractivity contribution is -0.131. The number of nitriles is 1. The summed E-state index contributed by atoms with van der Waals surface area (Å²) in [6.07, 6.45) is 7.47. The van der Waals surface area contributed by atoms with E-state index < -0.39 is 43.3 Å². The van der Waals surface area contributed by atoms with Gasteiger partial charge in [-0.05, 0) is 23.8 Å². The molecule has 1 aliphatic heterocycles. The topological polar surface area (TPSA) is 99.0 Å². The Morgan fingerprint density at radius 3 is 2.88 bits per heavy atom. The Morgan fingerprint density at radius 2 is 2.06 bits per heavy atom. The van der Waals surface area contributed by atoms with Crippen LogP contribution in [0, 0.1) is 11.3 Å². The van der Waals surface area contributed by atoms with Gasteiger partial charge < -0.3 is 10.2 Å². The minimum Gasteiger partial charge on any atom is -0.343 e. The first-order valence-electron chi connectivity index (χ1n) is 10.2. The summed E-state index contributed by atoms with van der Waals surface area (Å²) in [6, 6.07) is 11.7. The van der Waals surface area contributed by atoms with Crippen molar-refractivity contribution in [2.75, 3.05) is 13.1 Å². The van der Waals surface area contributed by atoms with Crippen molar-refractivity contribution >= 4 is 34.9 Å². The number of amides is 2. The fourth-order valence-electron chi connectivity index (χ4n) is 3.66. The lowest BCUT2D eigenvalue weighted by Crippen LogP contribution is -2.43. The highest BCUT2D eigenvalue weighted by atomic mass is 19.3. The first-order valence-corrected chi connectivity index (χ1v) is 10.2. The maximum atomic E-state index is 13.6. The van der Waals surface area contributed by atoms with Crippen molar-refractivity contribution in [1.82, 2.24) is 20.2 Å². The van der Waals surface area contributed by atoms with Crippen molar-refractivity contribution < 1.29 is 18.4 Å². The van der Waals surface area contributed by atoms with Crippen LogP contribution >= 0.6 is 0 Å². The maximum absolute atomic E-state index is 13.6. The number of alkyl halides is 2. The predicted molar refractivity (Wildman–Crippen MR) is 118 cm³/mol. The fourth-order valence-corrected chi connectivity index (χ4v) is 3.66. The molecule has 0 spiro atoms. The van der Waals surface area contributed by atoms with Crippen LogP contribution in [0.1, 0.15) is 27.9 Å². The molecule has 0 radical (unpaired) electrons. The quantitative estimate of drug-likeness (QED) is 0.647. The Morgan fingerprint density at radius 1 is 1.24 bits per heavy atom. The minimum absolute atomic E-state index is 0.270. The highest BCUT2D eigenvalue weighted by molar-refractivity contribution is 6.00. The van der Waals surface area contributed by atoms with E-state index in [1.165, 1.54) is 18.5 Å². The molecule has 4 rings (SSSR count). The Balaban J connectivity index is 1.45. The summed E-state index contributed by atoms with van der Waals surface area (Å²) in [5, 5.41) is 12.5. The number of para-hydroxylation sites is 1. The Kier molecular flexibility index (Phi) is 6.09. The molecule has 1 aliphatic rings. The smallest absolute Gasteiger partial charge is 0.268 e. The van der Waals surface area contributed by atoms with Crippen LogP contribution in [0.4, 0.5) is 8.78 Å². The number of likely N-dealkylation sites (tertiary alicyclic amines) is 1. The second-order valence-corrected chi connectivity index (χ2v) is 7.67. The van der Waals surface area contributed by atoms with Gasteiger partial charge in [-0.1, -0.05) is 30.4 Å². The van der Waals surface area contributed by atoms with Crippen LogP contribution in [0.15, 0.2) is 55.0 Å². The molecule has 9 heteroatoms. The third-order valence-corrected chi connectivity index (χ3v) is 5.30. The summed E-state index contributed by atoms with van der Waals surface area (Å²) < 4.78 is 27.1. The van der Waals surface area contributed by atoms with Crippen LogP contribution in [-0.4, -0.2) is 51.7 Å². The van der Waals surface area contributed by atoms with E-state index in [1.807, 2.05) is 30.3 Å². The van der Waals surface area contributed by atoms with Crippen molar-refractivity contribution in [3.05, 3.63) is 71.7 Å². The first kappa shape index (κ1) is 22.0. The monoisotopic (exact) mass is 447 g/mol. The summed E-state index contributed by atoms with van der Waals surface area (Å²) in [5.74, 6) is -4.40. The number of nitrogens with zero attached hydrogens (tertiary/aromatic N) is 4. The van der Waals surface area contributed by atoms with Gasteiger partial charge in [0, 0.05) is 41.5 Å². The van der Waals surface area contributed by atoms with Crippen LogP contribution in [0.2, 0.25) is 0 Å². The molecule has 2 amide bonds. The second kappa shape index (κ2) is 9.12. The van der Waals surface area contributed by atoms with Crippen LogP contribution in [0.3, 0.4) is 0 Å². The zero-order chi connectivity index (χ0) is 23.4. The molecule has 1 saturated heterocycles. The van der Waals surface area contributed by atoms with E-state index in [0.717, 1.165) is 21.4 Å². The lowest BCUT2D eigenvalue weighted by atomic mass is 10.1. The molecule has 0 bridgehead atoms. The number of hydrogen-bond acceptors (Lipinski definition) is 5. The SMILES string of the molecule is N#CC1CC(F)(F)CN1C(=O)CNC(=O)c1ccncc1C=Cc1cnc2ccccc2c1. The fraction of sp³-hybridized carbons (Fsp3) is 0.208. The summed E-state index contributed by atoms with van der Waals surface area (Å²) in [7, 11) is 0. The summed E-state index contributed by atoms with van der Waals surface area (Å²) >= 11 is 0. The molecule has 33 heavy (non-hydrogen) atoms. The molecule has 166 valence electrons. The minimum atomic E-state index is -3.11. The van der Waals surface area contributed by atoms with E-state index in [9.17, 15) is 18.4 Å². The number of aromatic nitrogens is 2. The van der Waals surface area contributed by atoms with Gasteiger partial charge in [-0.3, -0.25) is 19.6 Å². The molecular formula is C24H19F2N5O2. The molecule has 1 aromatic carbocycles. The number of hydrogen-bond donors (Lipinski definition) is 1. The molecular weight excluding hydrogens is 428 g/mol. The molecule has 1 fully saturated rings. The zero-order valence-electron chi connectivity index (χ0n) is 17.4. The molecule has 1 atom stereocenters. The van der Waals surface area contributed by atoms with E-state index >= 15 is 0 Å². The van der Waals surface area contributed by atoms with Gasteiger partial charge in [-0.15, -0.1) is 0 Å². The molecule has 7 nitrogen and oxygen atoms in total. The van der Waals surface area contributed by atoms with Crippen LogP contribution in [0.5, 0.6) is 0 Å². The molecule has 1 N–H and O–H groups in total. The highest BCUT2D eigenvalue weighted by Gasteiger charge is 2.47. The average molecular weight is 447 g/mol. The van der Waals surface area contributed by atoms with Gasteiger partial charge in [0.15, 0.2) is 0 Å². The molecule has 3 aromatic rings. The van der Waals surface area contributed by atoms with Crippen molar-refractivity contribution in [3.63, 3.8) is 0 Å². The van der Waals surface area contributed by atoms with Crippen molar-refractivity contribution in [1.29, 1.82) is 5.26 Å². The largest absolute Gasteiger partial charge is 0.343 e. The molecule has 3 heterocycles. The Labute approximate surface area is 188 Å². The maximum Gasteiger partial charge on any atom is 0.268 e. The molecule has 2 aromatic heterocycles. The summed E-state index contributed by atoms with van der Waals surface area (Å²) in [6.45, 7) is -1.32. The number of carbonyl (C=O) groups excluding carboxylic acids is 2. The lowest BCUT2D eigenvalue weighted by Gasteiger charge is -2.19. The third-order valence-electron chi connectivity index (χ3n) is 5.30. The number of nitrogens with one attached hydrogen (secondary N) is 1.